The zero-order valence-corrected chi connectivity index (χ0v) is 15.6. The molecule has 2 N–H and O–H groups in total. The Kier molecular flexibility index (Phi) is 5.24. The van der Waals surface area contributed by atoms with Crippen molar-refractivity contribution in [1.29, 1.82) is 0 Å². The lowest BCUT2D eigenvalue weighted by Crippen LogP contribution is -2.37. The molecule has 3 rings (SSSR count). The number of primary sulfonamides is 1. The molecule has 0 bridgehead atoms. The number of halogens is 2. The van der Waals surface area contributed by atoms with E-state index in [0.717, 1.165) is 0 Å². The highest BCUT2D eigenvalue weighted by Gasteiger charge is 2.39. The van der Waals surface area contributed by atoms with E-state index in [9.17, 15) is 17.2 Å². The Morgan fingerprint density at radius 3 is 2.85 bits per heavy atom. The summed E-state index contributed by atoms with van der Waals surface area (Å²) in [6, 6.07) is 0. The number of nitrogens with two attached hydrogens (primary N) is 1. The molecule has 0 amide bonds. The van der Waals surface area contributed by atoms with Gasteiger partial charge in [-0.2, -0.15) is 8.78 Å². The van der Waals surface area contributed by atoms with Crippen LogP contribution in [0.2, 0.25) is 0 Å². The zero-order valence-electron chi connectivity index (χ0n) is 14.8. The molecule has 3 atom stereocenters. The number of hydrogen-bond acceptors (Lipinski definition) is 4. The van der Waals surface area contributed by atoms with E-state index in [4.69, 9.17) is 9.88 Å². The van der Waals surface area contributed by atoms with Crippen LogP contribution >= 0.6 is 0 Å². The second-order valence-corrected chi connectivity index (χ2v) is 8.55. The smallest absolute Gasteiger partial charge is 0.387 e. The van der Waals surface area contributed by atoms with E-state index < -0.39 is 28.2 Å². The van der Waals surface area contributed by atoms with Crippen molar-refractivity contribution in [3.05, 3.63) is 71.6 Å². The number of sulfonamides is 1. The normalized spacial score (nSPS) is 29.8. The number of ether oxygens (including phenoxy) is 2. The van der Waals surface area contributed by atoms with Gasteiger partial charge in [-0.3, -0.25) is 0 Å². The molecule has 0 aromatic rings. The van der Waals surface area contributed by atoms with E-state index in [1.165, 1.54) is 6.08 Å². The molecule has 27 heavy (non-hydrogen) atoms. The number of rotatable bonds is 6. The molecule has 0 aromatic carbocycles. The molecule has 8 heteroatoms. The monoisotopic (exact) mass is 397 g/mol. The standard InChI is InChI=1S/C19H21F2NO4S/c1-3-5-14-13-10-19(2,11-27(22,23)24)9-8-12(13)17-15(25-14)6-4-7-16(17)26-18(20)21/h3-4,6-10,14-15,18H,1,5,11H2,2H3,(H2,22,23,24). The van der Waals surface area contributed by atoms with Gasteiger partial charge in [-0.25, -0.2) is 13.6 Å². The lowest BCUT2D eigenvalue weighted by molar-refractivity contribution is -0.0965. The zero-order chi connectivity index (χ0) is 19.8. The maximum Gasteiger partial charge on any atom is 0.387 e. The molecule has 0 fully saturated rings. The fourth-order valence-corrected chi connectivity index (χ4v) is 4.68. The maximum absolute atomic E-state index is 12.8. The minimum absolute atomic E-state index is 0.0372. The highest BCUT2D eigenvalue weighted by molar-refractivity contribution is 7.89. The lowest BCUT2D eigenvalue weighted by atomic mass is 9.76. The van der Waals surface area contributed by atoms with Crippen molar-refractivity contribution in [1.82, 2.24) is 0 Å². The third kappa shape index (κ3) is 4.28. The van der Waals surface area contributed by atoms with Crippen molar-refractivity contribution in [3.63, 3.8) is 0 Å². The second-order valence-electron chi connectivity index (χ2n) is 6.94. The molecule has 5 nitrogen and oxygen atoms in total. The Morgan fingerprint density at radius 2 is 2.22 bits per heavy atom. The molecule has 0 spiro atoms. The summed E-state index contributed by atoms with van der Waals surface area (Å²) in [5.74, 6) is -0.238. The van der Waals surface area contributed by atoms with Crippen LogP contribution in [0, 0.1) is 5.41 Å². The van der Waals surface area contributed by atoms with Gasteiger partial charge in [0.25, 0.3) is 0 Å². The topological polar surface area (TPSA) is 78.6 Å². The lowest BCUT2D eigenvalue weighted by Gasteiger charge is -2.39. The number of alkyl halides is 2. The van der Waals surface area contributed by atoms with E-state index in [1.54, 1.807) is 43.4 Å². The van der Waals surface area contributed by atoms with Gasteiger partial charge in [0.15, 0.2) is 0 Å². The van der Waals surface area contributed by atoms with Crippen molar-refractivity contribution in [2.75, 3.05) is 5.75 Å². The second kappa shape index (κ2) is 7.18. The third-order valence-corrected chi connectivity index (χ3v) is 5.59. The van der Waals surface area contributed by atoms with Crippen LogP contribution in [0.3, 0.4) is 0 Å². The summed E-state index contributed by atoms with van der Waals surface area (Å²) in [4.78, 5) is 0. The summed E-state index contributed by atoms with van der Waals surface area (Å²) in [7, 11) is -3.72. The Morgan fingerprint density at radius 1 is 1.48 bits per heavy atom. The summed E-state index contributed by atoms with van der Waals surface area (Å²) in [6.07, 6.45) is 11.3. The molecule has 2 aliphatic carbocycles. The Hall–Kier alpha value is -2.03. The summed E-state index contributed by atoms with van der Waals surface area (Å²) in [5.41, 5.74) is 1.08. The van der Waals surface area contributed by atoms with Gasteiger partial charge in [-0.05, 0) is 23.6 Å². The molecular formula is C19H21F2NO4S. The van der Waals surface area contributed by atoms with Crippen molar-refractivity contribution >= 4 is 10.0 Å². The van der Waals surface area contributed by atoms with E-state index in [0.29, 0.717) is 23.1 Å². The van der Waals surface area contributed by atoms with Crippen LogP contribution in [0.5, 0.6) is 0 Å². The van der Waals surface area contributed by atoms with E-state index in [-0.39, 0.29) is 17.6 Å². The van der Waals surface area contributed by atoms with Crippen LogP contribution in [0.25, 0.3) is 0 Å². The largest absolute Gasteiger partial charge is 0.434 e. The molecule has 146 valence electrons. The average Bonchev–Trinajstić information content (AvgIpc) is 2.53. The van der Waals surface area contributed by atoms with Gasteiger partial charge in [0, 0.05) is 11.0 Å². The fourth-order valence-electron chi connectivity index (χ4n) is 3.64. The summed E-state index contributed by atoms with van der Waals surface area (Å²) in [5, 5.41) is 5.22. The van der Waals surface area contributed by atoms with E-state index in [2.05, 4.69) is 11.3 Å². The van der Waals surface area contributed by atoms with Crippen molar-refractivity contribution in [2.24, 2.45) is 10.6 Å². The predicted molar refractivity (Wildman–Crippen MR) is 98.1 cm³/mol. The maximum atomic E-state index is 12.8. The molecule has 1 aliphatic heterocycles. The fraction of sp³-hybridized carbons (Fsp3) is 0.368. The van der Waals surface area contributed by atoms with Crippen LogP contribution < -0.4 is 5.14 Å². The van der Waals surface area contributed by atoms with Crippen LogP contribution in [0.1, 0.15) is 13.3 Å². The molecule has 1 heterocycles. The molecule has 0 radical (unpaired) electrons. The first-order chi connectivity index (χ1) is 12.6. The molecule has 0 aromatic heterocycles. The third-order valence-electron chi connectivity index (χ3n) is 4.57. The van der Waals surface area contributed by atoms with Crippen LogP contribution in [-0.2, 0) is 19.5 Å². The van der Waals surface area contributed by atoms with E-state index in [1.807, 2.05) is 0 Å². The van der Waals surface area contributed by atoms with Crippen molar-refractivity contribution in [2.45, 2.75) is 32.2 Å². The number of allylic oxidation sites excluding steroid dienone is 5. The van der Waals surface area contributed by atoms with Crippen LogP contribution in [-0.4, -0.2) is 33.0 Å². The van der Waals surface area contributed by atoms with Crippen LogP contribution in [0.15, 0.2) is 71.6 Å². The van der Waals surface area contributed by atoms with Crippen LogP contribution in [0.4, 0.5) is 8.78 Å². The summed E-state index contributed by atoms with van der Waals surface area (Å²) >= 11 is 0. The SMILES string of the molecule is C=CCC1OC2C=CC=C(OC(F)F)C2=C2C=CC(C)(CS(N)(=O)=O)C=C21. The minimum Gasteiger partial charge on any atom is -0.434 e. The van der Waals surface area contributed by atoms with E-state index >= 15 is 0 Å². The molecule has 0 saturated carbocycles. The highest BCUT2D eigenvalue weighted by Crippen LogP contribution is 2.44. The number of hydrogen-bond donors (Lipinski definition) is 1. The quantitative estimate of drug-likeness (QED) is 0.699. The van der Waals surface area contributed by atoms with Crippen molar-refractivity contribution < 1.29 is 26.7 Å². The van der Waals surface area contributed by atoms with Gasteiger partial charge in [0.1, 0.15) is 11.9 Å². The first-order valence-electron chi connectivity index (χ1n) is 8.39. The number of fused-ring (bicyclic) bond motifs is 2. The van der Waals surface area contributed by atoms with Gasteiger partial charge in [0.2, 0.25) is 10.0 Å². The molecule has 0 saturated heterocycles. The van der Waals surface area contributed by atoms with Gasteiger partial charge in [-0.1, -0.05) is 43.4 Å². The Balaban J connectivity index is 2.11. The Labute approximate surface area is 157 Å². The summed E-state index contributed by atoms with van der Waals surface area (Å²) < 4.78 is 59.6. The molecular weight excluding hydrogens is 376 g/mol. The molecule has 3 aliphatic rings. The predicted octanol–water partition coefficient (Wildman–Crippen LogP) is 3.11. The van der Waals surface area contributed by atoms with Gasteiger partial charge < -0.3 is 9.47 Å². The first kappa shape index (κ1) is 19.7. The summed E-state index contributed by atoms with van der Waals surface area (Å²) in [6.45, 7) is 2.52. The van der Waals surface area contributed by atoms with Gasteiger partial charge >= 0.3 is 6.61 Å². The minimum atomic E-state index is -3.72. The Bertz CT molecular complexity index is 899. The van der Waals surface area contributed by atoms with Crippen molar-refractivity contribution in [3.8, 4) is 0 Å². The average molecular weight is 397 g/mol. The van der Waals surface area contributed by atoms with Gasteiger partial charge in [0.05, 0.1) is 11.9 Å². The van der Waals surface area contributed by atoms with Gasteiger partial charge in [-0.15, -0.1) is 6.58 Å². The highest BCUT2D eigenvalue weighted by atomic mass is 32.2. The molecule has 3 unspecified atom stereocenters. The first-order valence-corrected chi connectivity index (χ1v) is 10.1.